The molecule has 14 N–H and O–H groups in total. The molecule has 8 heterocycles. The van der Waals surface area contributed by atoms with Crippen LogP contribution in [0, 0.1) is 11.8 Å². The van der Waals surface area contributed by atoms with E-state index in [-0.39, 0.29) is 13.0 Å². The van der Waals surface area contributed by atoms with Crippen LogP contribution in [0.2, 0.25) is 0 Å². The number of hydrogen-bond donors (Lipinski definition) is 7. The molecule has 8 aromatic carbocycles. The van der Waals surface area contributed by atoms with E-state index in [0.717, 1.165) is 146 Å². The fourth-order valence-electron chi connectivity index (χ4n) is 11.8. The van der Waals surface area contributed by atoms with Crippen LogP contribution >= 0.6 is 90.7 Å². The fraction of sp³-hybridized carbons (Fsp3) is 0.301. The van der Waals surface area contributed by atoms with Gasteiger partial charge in [-0.1, -0.05) is 253 Å². The van der Waals surface area contributed by atoms with Crippen molar-refractivity contribution in [3.8, 4) is 0 Å². The van der Waals surface area contributed by atoms with Gasteiger partial charge in [-0.2, -0.15) is 13.2 Å². The van der Waals surface area contributed by atoms with E-state index in [1.54, 1.807) is 106 Å². The average Bonchev–Trinajstić information content (AvgIpc) is 1.65. The number of nitrogens with two attached hydrogens (primary N) is 7. The first kappa shape index (κ1) is 87.6. The smallest absolute Gasteiger partial charge is 0.289 e. The van der Waals surface area contributed by atoms with Crippen LogP contribution in [-0.2, 0) is 0 Å². The molecule has 610 valence electrons. The molecule has 1 aliphatic rings. The minimum absolute atomic E-state index is 0.0318. The lowest BCUT2D eigenvalue weighted by molar-refractivity contribution is -0.135. The Morgan fingerprint density at radius 1 is 0.379 bits per heavy atom. The number of benzene rings is 8. The zero-order chi connectivity index (χ0) is 81.9. The SMILES string of the molecule is C=CCCN(N)c1nc2ccccc2s1.CC(C)CCN(N)c1nc2ccccc2s1.CCCCCCN(N)c1nc2ccccc2s1.CN(N)c1nc2ccccc2s1.NN(CC1CCCCC1)c1nc2ccccc2s1.NN(CCCC(F)(F)F)c1nc2ccccc2s1.NN(c1nc2ccccc2s1)c1nc2ccccc2s1. The lowest BCUT2D eigenvalue weighted by atomic mass is 9.89. The molecule has 33 heteroatoms. The van der Waals surface area contributed by atoms with Crippen molar-refractivity contribution >= 4 is 213 Å². The van der Waals surface area contributed by atoms with E-state index in [1.807, 2.05) is 181 Å². The van der Waals surface area contributed by atoms with E-state index in [4.69, 9.17) is 40.9 Å². The quantitative estimate of drug-likeness (QED) is 0.0128. The molecule has 0 radical (unpaired) electrons. The summed E-state index contributed by atoms with van der Waals surface area (Å²) < 4.78 is 45.2. The first-order valence-electron chi connectivity index (χ1n) is 38.3. The predicted molar refractivity (Wildman–Crippen MR) is 494 cm³/mol. The summed E-state index contributed by atoms with van der Waals surface area (Å²) in [5, 5.41) is 17.9. The highest BCUT2D eigenvalue weighted by Gasteiger charge is 2.27. The summed E-state index contributed by atoms with van der Waals surface area (Å²) in [5.74, 6) is 42.9. The molecule has 0 amide bonds. The molecule has 0 bridgehead atoms. The van der Waals surface area contributed by atoms with Crippen LogP contribution in [0.15, 0.2) is 207 Å². The summed E-state index contributed by atoms with van der Waals surface area (Å²) in [6.45, 7) is 13.9. The molecule has 0 saturated heterocycles. The Bertz CT molecular complexity index is 5290. The van der Waals surface area contributed by atoms with E-state index in [9.17, 15) is 13.2 Å². The lowest BCUT2D eigenvalue weighted by Crippen LogP contribution is -2.36. The number of nitrogens with zero attached hydrogens (tertiary/aromatic N) is 15. The van der Waals surface area contributed by atoms with Crippen LogP contribution in [0.5, 0.6) is 0 Å². The molecule has 22 nitrogen and oxygen atoms in total. The fourth-order valence-corrected chi connectivity index (χ4v) is 19.1. The maximum absolute atomic E-state index is 12.0. The monoisotopic (exact) mass is 1720 g/mol. The maximum atomic E-state index is 12.0. The molecule has 1 fully saturated rings. The number of halogens is 3. The number of rotatable bonds is 24. The van der Waals surface area contributed by atoms with Gasteiger partial charge in [0.15, 0.2) is 0 Å². The van der Waals surface area contributed by atoms with Crippen LogP contribution in [-0.4, -0.2) is 85.8 Å². The lowest BCUT2D eigenvalue weighted by Gasteiger charge is -2.26. The second kappa shape index (κ2) is 43.8. The van der Waals surface area contributed by atoms with Gasteiger partial charge in [0.2, 0.25) is 41.1 Å². The summed E-state index contributed by atoms with van der Waals surface area (Å²) >= 11 is 12.7. The van der Waals surface area contributed by atoms with Gasteiger partial charge in [0.05, 0.1) is 81.7 Å². The average molecular weight is 1720 g/mol. The van der Waals surface area contributed by atoms with E-state index in [1.165, 1.54) is 96.2 Å². The van der Waals surface area contributed by atoms with Crippen LogP contribution in [0.4, 0.5) is 54.2 Å². The number of alkyl halides is 3. The minimum atomic E-state index is -4.13. The van der Waals surface area contributed by atoms with Crippen LogP contribution in [0.1, 0.15) is 104 Å². The Morgan fingerprint density at radius 2 is 0.664 bits per heavy atom. The van der Waals surface area contributed by atoms with E-state index < -0.39 is 12.6 Å². The largest absolute Gasteiger partial charge is 0.389 e. The predicted octanol–water partition coefficient (Wildman–Crippen LogP) is 21.5. The summed E-state index contributed by atoms with van der Waals surface area (Å²) in [5.41, 5.74) is 7.87. The standard InChI is InChI=1S/C14H10N4S2.C14H19N3S.C13H19N3S.C12H17N3S.C11H12F3N3S.C11H13N3S.C8H9N3S/c15-18(13-16-9-5-1-3-7-11(9)19-13)14-17-10-6-2-4-8-12(10)20-14;15-17(10-11-6-2-1-3-7-11)14-16-12-8-4-5-9-13(12)18-14;1-2-3-4-7-10-16(14)13-15-11-8-5-6-9-12(11)17-13;1-9(2)7-8-15(13)12-14-10-5-3-4-6-11(10)16-12;12-11(13,14)6-3-7-17(15)10-16-8-4-1-2-5-9(8)18-10;1-2-3-8-14(12)11-13-9-6-4-5-7-10(9)15-11;1-11(9)8-10-6-4-2-3-5-7(6)12-8/h1-8H,15H2;4-5,8-9,11H,1-3,6-7,10,15H2;5-6,8-9H,2-4,7,10,14H2,1H3;3-6,9H,7-8,13H2,1-2H3;1-2,4-5H,3,6-7,15H2;2,4-7H,1,3,8,12H2;2-5H,9H2,1H3. The number of anilines is 8. The Kier molecular flexibility index (Phi) is 33.1. The van der Waals surface area contributed by atoms with Crippen LogP contribution in [0.3, 0.4) is 0 Å². The summed E-state index contributed by atoms with van der Waals surface area (Å²) in [4.78, 5) is 35.8. The topological polar surface area (TPSA) is 308 Å². The van der Waals surface area contributed by atoms with Crippen molar-refractivity contribution < 1.29 is 13.2 Å². The zero-order valence-corrected chi connectivity index (χ0v) is 71.8. The Balaban J connectivity index is 0.000000134. The van der Waals surface area contributed by atoms with Gasteiger partial charge in [-0.15, -0.1) is 6.58 Å². The minimum Gasteiger partial charge on any atom is -0.289 e. The number of hydrazine groups is 7. The number of thiazole rings is 8. The van der Waals surface area contributed by atoms with Gasteiger partial charge >= 0.3 is 6.18 Å². The first-order chi connectivity index (χ1) is 56.1. The van der Waals surface area contributed by atoms with Gasteiger partial charge in [-0.05, 0) is 147 Å². The maximum Gasteiger partial charge on any atom is 0.389 e. The van der Waals surface area contributed by atoms with Crippen molar-refractivity contribution in [1.82, 2.24) is 39.9 Å². The molecule has 0 aliphatic heterocycles. The number of unbranched alkanes of at least 4 members (excludes halogenated alkanes) is 3. The second-order valence-corrected chi connectivity index (χ2v) is 35.7. The zero-order valence-electron chi connectivity index (χ0n) is 65.3. The van der Waals surface area contributed by atoms with Gasteiger partial charge in [-0.3, -0.25) is 30.1 Å². The third kappa shape index (κ3) is 25.9. The van der Waals surface area contributed by atoms with E-state index in [0.29, 0.717) is 11.0 Å². The van der Waals surface area contributed by atoms with Gasteiger partial charge < -0.3 is 0 Å². The second-order valence-electron chi connectivity index (χ2n) is 27.7. The van der Waals surface area contributed by atoms with Gasteiger partial charge in [-0.25, -0.2) is 85.8 Å². The van der Waals surface area contributed by atoms with Crippen molar-refractivity contribution in [2.75, 3.05) is 74.8 Å². The highest BCUT2D eigenvalue weighted by Crippen LogP contribution is 2.38. The summed E-state index contributed by atoms with van der Waals surface area (Å²) in [7, 11) is 1.79. The molecule has 8 aromatic heterocycles. The Morgan fingerprint density at radius 3 is 0.974 bits per heavy atom. The highest BCUT2D eigenvalue weighted by molar-refractivity contribution is 7.25. The van der Waals surface area contributed by atoms with Gasteiger partial charge in [0, 0.05) is 46.2 Å². The van der Waals surface area contributed by atoms with Crippen LogP contribution in [0.25, 0.3) is 81.7 Å². The molecule has 0 atom stereocenters. The molecule has 16 aromatic rings. The third-order valence-corrected chi connectivity index (χ3v) is 26.6. The van der Waals surface area contributed by atoms with Crippen molar-refractivity contribution in [3.63, 3.8) is 0 Å². The Labute approximate surface area is 705 Å². The normalized spacial score (nSPS) is 12.1. The number of hydrogen-bond acceptors (Lipinski definition) is 30. The van der Waals surface area contributed by atoms with Gasteiger partial charge in [0.25, 0.3) is 0 Å². The molecule has 0 spiro atoms. The number of aromatic nitrogens is 8. The summed E-state index contributed by atoms with van der Waals surface area (Å²) in [6.07, 6.45) is 10.5. The third-order valence-electron chi connectivity index (χ3n) is 18.0. The number of para-hydroxylation sites is 8. The van der Waals surface area contributed by atoms with Crippen molar-refractivity contribution in [2.45, 2.75) is 110 Å². The molecule has 1 saturated carbocycles. The van der Waals surface area contributed by atoms with Crippen molar-refractivity contribution in [2.24, 2.45) is 52.7 Å². The highest BCUT2D eigenvalue weighted by atomic mass is 32.1. The molecule has 1 aliphatic carbocycles. The van der Waals surface area contributed by atoms with E-state index in [2.05, 4.69) is 91.5 Å². The number of fused-ring (bicyclic) bond motifs is 8. The van der Waals surface area contributed by atoms with Crippen molar-refractivity contribution in [3.05, 3.63) is 207 Å². The molecule has 116 heavy (non-hydrogen) atoms. The molecule has 17 rings (SSSR count). The Hall–Kier alpha value is -9.27. The van der Waals surface area contributed by atoms with Crippen LogP contribution < -0.4 is 76.0 Å². The molecular weight excluding hydrogens is 1620 g/mol. The first-order valence-corrected chi connectivity index (χ1v) is 44.9. The summed E-state index contributed by atoms with van der Waals surface area (Å²) in [6, 6.07) is 64.1. The molecular formula is C83H99F3N22S8. The van der Waals surface area contributed by atoms with E-state index >= 15 is 0 Å². The van der Waals surface area contributed by atoms with Gasteiger partial charge in [0.1, 0.15) is 0 Å². The molecule has 0 unspecified atom stereocenters. The van der Waals surface area contributed by atoms with Crippen molar-refractivity contribution in [1.29, 1.82) is 0 Å².